The average molecular weight is 499 g/mol. The number of halogens is 3. The molecule has 0 aromatic heterocycles. The summed E-state index contributed by atoms with van der Waals surface area (Å²) in [6.45, 7) is 0.770. The van der Waals surface area contributed by atoms with Gasteiger partial charge in [0.25, 0.3) is 5.69 Å². The molecule has 0 aliphatic carbocycles. The lowest BCUT2D eigenvalue weighted by molar-refractivity contribution is -0.384. The monoisotopic (exact) mass is 497 g/mol. The number of methoxy groups -OCH3 is 1. The maximum Gasteiger partial charge on any atom is 0.291 e. The van der Waals surface area contributed by atoms with Crippen molar-refractivity contribution in [1.29, 1.82) is 0 Å². The third-order valence-corrected chi connectivity index (χ3v) is 7.37. The van der Waals surface area contributed by atoms with E-state index in [-0.39, 0.29) is 28.3 Å². The van der Waals surface area contributed by atoms with Gasteiger partial charge < -0.3 is 10.1 Å². The number of nitro groups is 1. The molecular weight excluding hydrogens is 477 g/mol. The topological polar surface area (TPSA) is 84.7 Å². The Morgan fingerprint density at radius 2 is 1.81 bits per heavy atom. The molecule has 2 aliphatic heterocycles. The number of rotatable bonds is 6. The Morgan fingerprint density at radius 3 is 2.41 bits per heavy atom. The van der Waals surface area contributed by atoms with Crippen LogP contribution in [-0.2, 0) is 11.3 Å². The van der Waals surface area contributed by atoms with Crippen LogP contribution in [-0.4, -0.2) is 34.9 Å². The molecule has 2 fully saturated rings. The Bertz CT molecular complexity index is 1050. The zero-order chi connectivity index (χ0) is 23.0. The van der Waals surface area contributed by atoms with Gasteiger partial charge >= 0.3 is 0 Å². The van der Waals surface area contributed by atoms with Gasteiger partial charge in [0.15, 0.2) is 0 Å². The van der Waals surface area contributed by atoms with Gasteiger partial charge in [-0.1, -0.05) is 40.9 Å². The van der Waals surface area contributed by atoms with Gasteiger partial charge in [-0.25, -0.2) is 0 Å². The Balaban J connectivity index is 1.44. The molecule has 32 heavy (non-hydrogen) atoms. The molecule has 170 valence electrons. The number of anilines is 1. The number of carbonyl (C=O) groups excluding carboxylic acids is 1. The van der Waals surface area contributed by atoms with E-state index in [2.05, 4.69) is 10.2 Å². The Labute approximate surface area is 200 Å². The van der Waals surface area contributed by atoms with E-state index in [1.807, 2.05) is 18.2 Å². The SMILES string of the molecule is COc1cc([N+](=O)[O-])c(Cl)cc1NC(=O)C1CC2CCC(C1)N2Cc1ccc(Cl)c(Cl)c1. The number of benzene rings is 2. The zero-order valence-corrected chi connectivity index (χ0v) is 19.6. The number of hydrogen-bond donors (Lipinski definition) is 1. The Hall–Kier alpha value is -2.06. The fourth-order valence-corrected chi connectivity index (χ4v) is 5.33. The molecule has 2 aromatic rings. The van der Waals surface area contributed by atoms with Crippen molar-refractivity contribution >= 4 is 52.1 Å². The summed E-state index contributed by atoms with van der Waals surface area (Å²) in [5.74, 6) is -0.0787. The van der Waals surface area contributed by atoms with Gasteiger partial charge in [0, 0.05) is 24.5 Å². The second-order valence-corrected chi connectivity index (χ2v) is 9.45. The molecule has 0 spiro atoms. The molecule has 10 heteroatoms. The highest BCUT2D eigenvalue weighted by Crippen LogP contribution is 2.41. The van der Waals surface area contributed by atoms with Crippen LogP contribution in [0.15, 0.2) is 30.3 Å². The second kappa shape index (κ2) is 9.43. The van der Waals surface area contributed by atoms with E-state index in [4.69, 9.17) is 39.5 Å². The van der Waals surface area contributed by atoms with Crippen molar-refractivity contribution in [2.75, 3.05) is 12.4 Å². The molecular formula is C22H22Cl3N3O4. The summed E-state index contributed by atoms with van der Waals surface area (Å²) < 4.78 is 5.23. The van der Waals surface area contributed by atoms with E-state index < -0.39 is 4.92 Å². The number of piperidine rings is 1. The number of ether oxygens (including phenoxy) is 1. The Morgan fingerprint density at radius 1 is 1.12 bits per heavy atom. The minimum Gasteiger partial charge on any atom is -0.494 e. The summed E-state index contributed by atoms with van der Waals surface area (Å²) in [4.78, 5) is 26.0. The number of carbonyl (C=O) groups is 1. The minimum absolute atomic E-state index is 0.0531. The van der Waals surface area contributed by atoms with E-state index in [0.29, 0.717) is 27.8 Å². The standard InChI is InChI=1S/C22H22Cl3N3O4/c1-32-21-10-20(28(30)31)18(25)9-19(21)26-22(29)13-7-14-3-4-15(8-13)27(14)11-12-2-5-16(23)17(24)6-12/h2,5-6,9-10,13-15H,3-4,7-8,11H2,1H3,(H,26,29). The first-order valence-electron chi connectivity index (χ1n) is 10.3. The van der Waals surface area contributed by atoms with E-state index in [1.165, 1.54) is 19.2 Å². The normalized spacial score (nSPS) is 22.6. The van der Waals surface area contributed by atoms with Crippen molar-refractivity contribution in [2.24, 2.45) is 5.92 Å². The summed E-state index contributed by atoms with van der Waals surface area (Å²) in [5.41, 5.74) is 1.17. The molecule has 4 rings (SSSR count). The minimum atomic E-state index is -0.586. The summed E-state index contributed by atoms with van der Waals surface area (Å²) in [6.07, 6.45) is 3.57. The van der Waals surface area contributed by atoms with Gasteiger partial charge in [-0.3, -0.25) is 19.8 Å². The quantitative estimate of drug-likeness (QED) is 0.393. The van der Waals surface area contributed by atoms with Crippen LogP contribution in [0.5, 0.6) is 5.75 Å². The zero-order valence-electron chi connectivity index (χ0n) is 17.3. The fraction of sp³-hybridized carbons (Fsp3) is 0.409. The summed E-state index contributed by atoms with van der Waals surface area (Å²) >= 11 is 18.2. The van der Waals surface area contributed by atoms with Gasteiger partial charge in [-0.2, -0.15) is 0 Å². The van der Waals surface area contributed by atoms with Crippen LogP contribution in [0, 0.1) is 16.0 Å². The van der Waals surface area contributed by atoms with Gasteiger partial charge in [-0.05, 0) is 49.4 Å². The summed E-state index contributed by atoms with van der Waals surface area (Å²) in [6, 6.07) is 8.89. The molecule has 2 unspecified atom stereocenters. The predicted octanol–water partition coefficient (Wildman–Crippen LogP) is 5.95. The summed E-state index contributed by atoms with van der Waals surface area (Å²) in [5, 5.41) is 15.0. The maximum absolute atomic E-state index is 13.0. The van der Waals surface area contributed by atoms with E-state index in [0.717, 1.165) is 37.8 Å². The van der Waals surface area contributed by atoms with Gasteiger partial charge in [-0.15, -0.1) is 0 Å². The molecule has 2 aliphatic rings. The van der Waals surface area contributed by atoms with Crippen molar-refractivity contribution in [1.82, 2.24) is 4.90 Å². The first kappa shape index (κ1) is 23.1. The van der Waals surface area contributed by atoms with Crippen molar-refractivity contribution in [3.8, 4) is 5.75 Å². The number of amides is 1. The largest absolute Gasteiger partial charge is 0.494 e. The van der Waals surface area contributed by atoms with Crippen LogP contribution in [0.1, 0.15) is 31.2 Å². The van der Waals surface area contributed by atoms with E-state index in [9.17, 15) is 14.9 Å². The number of hydrogen-bond acceptors (Lipinski definition) is 5. The average Bonchev–Trinajstić information content (AvgIpc) is 2.97. The highest BCUT2D eigenvalue weighted by atomic mass is 35.5. The molecule has 1 N–H and O–H groups in total. The van der Waals surface area contributed by atoms with Gasteiger partial charge in [0.05, 0.1) is 33.8 Å². The molecule has 0 saturated carbocycles. The van der Waals surface area contributed by atoms with Crippen LogP contribution >= 0.6 is 34.8 Å². The fourth-order valence-electron chi connectivity index (χ4n) is 4.78. The van der Waals surface area contributed by atoms with Crippen LogP contribution < -0.4 is 10.1 Å². The van der Waals surface area contributed by atoms with Crippen molar-refractivity contribution in [3.63, 3.8) is 0 Å². The molecule has 2 bridgehead atoms. The number of nitro benzene ring substituents is 1. The number of fused-ring (bicyclic) bond motifs is 2. The predicted molar refractivity (Wildman–Crippen MR) is 125 cm³/mol. The smallest absolute Gasteiger partial charge is 0.291 e. The van der Waals surface area contributed by atoms with E-state index in [1.54, 1.807) is 0 Å². The molecule has 2 aromatic carbocycles. The van der Waals surface area contributed by atoms with Crippen LogP contribution in [0.25, 0.3) is 0 Å². The van der Waals surface area contributed by atoms with Crippen LogP contribution in [0.4, 0.5) is 11.4 Å². The highest BCUT2D eigenvalue weighted by molar-refractivity contribution is 6.42. The van der Waals surface area contributed by atoms with Gasteiger partial charge in [0.2, 0.25) is 5.91 Å². The maximum atomic E-state index is 13.0. The lowest BCUT2D eigenvalue weighted by Gasteiger charge is -2.38. The Kier molecular flexibility index (Phi) is 6.81. The lowest BCUT2D eigenvalue weighted by Crippen LogP contribution is -2.45. The molecule has 7 nitrogen and oxygen atoms in total. The molecule has 0 radical (unpaired) electrons. The molecule has 1 amide bonds. The highest BCUT2D eigenvalue weighted by Gasteiger charge is 2.42. The lowest BCUT2D eigenvalue weighted by atomic mass is 9.89. The third kappa shape index (κ3) is 4.66. The third-order valence-electron chi connectivity index (χ3n) is 6.33. The number of nitrogens with zero attached hydrogens (tertiary/aromatic N) is 2. The van der Waals surface area contributed by atoms with E-state index >= 15 is 0 Å². The first-order valence-corrected chi connectivity index (χ1v) is 11.4. The van der Waals surface area contributed by atoms with Crippen molar-refractivity contribution < 1.29 is 14.5 Å². The molecule has 2 heterocycles. The second-order valence-electron chi connectivity index (χ2n) is 8.22. The number of nitrogens with one attached hydrogen (secondary N) is 1. The molecule has 2 atom stereocenters. The van der Waals surface area contributed by atoms with Crippen LogP contribution in [0.3, 0.4) is 0 Å². The van der Waals surface area contributed by atoms with Crippen LogP contribution in [0.2, 0.25) is 15.1 Å². The summed E-state index contributed by atoms with van der Waals surface area (Å²) in [7, 11) is 1.39. The first-order chi connectivity index (χ1) is 15.3. The van der Waals surface area contributed by atoms with Gasteiger partial charge in [0.1, 0.15) is 10.8 Å². The van der Waals surface area contributed by atoms with Crippen molar-refractivity contribution in [3.05, 3.63) is 61.1 Å². The van der Waals surface area contributed by atoms with Crippen molar-refractivity contribution in [2.45, 2.75) is 44.3 Å². The molecule has 2 saturated heterocycles.